The highest BCUT2D eigenvalue weighted by Gasteiger charge is 2.24. The van der Waals surface area contributed by atoms with E-state index in [1.165, 1.54) is 12.1 Å². The highest BCUT2D eigenvalue weighted by molar-refractivity contribution is 6.31. The number of aliphatic carboxylic acids is 2. The van der Waals surface area contributed by atoms with Gasteiger partial charge in [0.05, 0.1) is 5.56 Å². The third-order valence-electron chi connectivity index (χ3n) is 4.30. The van der Waals surface area contributed by atoms with Crippen LogP contribution >= 0.6 is 11.6 Å². The molecule has 0 atom stereocenters. The summed E-state index contributed by atoms with van der Waals surface area (Å²) >= 11 is 6.19. The lowest BCUT2D eigenvalue weighted by Gasteiger charge is -2.35. The number of carboxylic acid groups (broad SMARTS) is 2. The van der Waals surface area contributed by atoms with Crippen LogP contribution in [0.1, 0.15) is 15.9 Å². The molecule has 1 amide bonds. The molecule has 1 aliphatic heterocycles. The molecule has 1 heterocycles. The first-order valence-corrected chi connectivity index (χ1v) is 9.13. The van der Waals surface area contributed by atoms with Gasteiger partial charge in [-0.3, -0.25) is 9.69 Å². The van der Waals surface area contributed by atoms with Crippen molar-refractivity contribution in [2.24, 2.45) is 0 Å². The van der Waals surface area contributed by atoms with Crippen molar-refractivity contribution in [2.75, 3.05) is 26.2 Å². The average molecular weight is 423 g/mol. The molecule has 2 N–H and O–H groups in total. The Kier molecular flexibility index (Phi) is 8.11. The summed E-state index contributed by atoms with van der Waals surface area (Å²) < 4.78 is 13.7. The van der Waals surface area contributed by atoms with Gasteiger partial charge in [-0.05, 0) is 23.8 Å². The van der Waals surface area contributed by atoms with E-state index in [1.807, 2.05) is 24.3 Å². The number of carbonyl (C=O) groups is 3. The van der Waals surface area contributed by atoms with Crippen molar-refractivity contribution < 1.29 is 29.0 Å². The van der Waals surface area contributed by atoms with Crippen molar-refractivity contribution in [3.8, 4) is 0 Å². The van der Waals surface area contributed by atoms with Crippen molar-refractivity contribution in [3.05, 3.63) is 70.5 Å². The molecule has 1 fully saturated rings. The highest BCUT2D eigenvalue weighted by Crippen LogP contribution is 2.18. The lowest BCUT2D eigenvalue weighted by molar-refractivity contribution is -0.159. The zero-order valence-electron chi connectivity index (χ0n) is 15.4. The largest absolute Gasteiger partial charge is 0.473 e. The van der Waals surface area contributed by atoms with E-state index in [2.05, 4.69) is 4.90 Å². The van der Waals surface area contributed by atoms with Gasteiger partial charge in [0, 0.05) is 37.7 Å². The molecule has 0 radical (unpaired) electrons. The molecule has 154 valence electrons. The fraction of sp³-hybridized carbons (Fsp3) is 0.250. The second-order valence-electron chi connectivity index (χ2n) is 6.25. The minimum Gasteiger partial charge on any atom is -0.473 e. The second-order valence-corrected chi connectivity index (χ2v) is 6.66. The third-order valence-corrected chi connectivity index (χ3v) is 4.67. The SMILES string of the molecule is O=C(O)C(=O)O.O=C(c1ccccc1F)N1CCN(Cc2ccccc2Cl)CC1. The van der Waals surface area contributed by atoms with Crippen LogP contribution in [-0.4, -0.2) is 64.0 Å². The maximum absolute atomic E-state index is 13.7. The van der Waals surface area contributed by atoms with Gasteiger partial charge in [0.2, 0.25) is 0 Å². The van der Waals surface area contributed by atoms with E-state index in [4.69, 9.17) is 31.4 Å². The van der Waals surface area contributed by atoms with Gasteiger partial charge in [-0.15, -0.1) is 0 Å². The zero-order valence-corrected chi connectivity index (χ0v) is 16.2. The van der Waals surface area contributed by atoms with Crippen molar-refractivity contribution in [1.29, 1.82) is 0 Å². The molecule has 3 rings (SSSR count). The Bertz CT molecular complexity index is 873. The molecule has 0 unspecified atom stereocenters. The summed E-state index contributed by atoms with van der Waals surface area (Å²) in [6.07, 6.45) is 0. The van der Waals surface area contributed by atoms with Crippen LogP contribution in [0.15, 0.2) is 48.5 Å². The van der Waals surface area contributed by atoms with E-state index in [0.29, 0.717) is 13.1 Å². The molecule has 0 bridgehead atoms. The quantitative estimate of drug-likeness (QED) is 0.738. The number of halogens is 2. The average Bonchev–Trinajstić information content (AvgIpc) is 2.70. The van der Waals surface area contributed by atoms with Crippen molar-refractivity contribution in [3.63, 3.8) is 0 Å². The van der Waals surface area contributed by atoms with Crippen molar-refractivity contribution >= 4 is 29.4 Å². The lowest BCUT2D eigenvalue weighted by atomic mass is 10.1. The second kappa shape index (κ2) is 10.5. The fourth-order valence-electron chi connectivity index (χ4n) is 2.78. The Balaban J connectivity index is 0.000000438. The van der Waals surface area contributed by atoms with E-state index in [9.17, 15) is 9.18 Å². The summed E-state index contributed by atoms with van der Waals surface area (Å²) in [5.74, 6) is -4.35. The molecule has 0 saturated carbocycles. The summed E-state index contributed by atoms with van der Waals surface area (Å²) in [6.45, 7) is 3.47. The number of hydrogen-bond donors (Lipinski definition) is 2. The Morgan fingerprint density at radius 3 is 2.00 bits per heavy atom. The van der Waals surface area contributed by atoms with Crippen molar-refractivity contribution in [1.82, 2.24) is 9.80 Å². The van der Waals surface area contributed by atoms with Gasteiger partial charge in [-0.25, -0.2) is 14.0 Å². The number of nitrogens with zero attached hydrogens (tertiary/aromatic N) is 2. The molecule has 2 aromatic rings. The molecule has 29 heavy (non-hydrogen) atoms. The first-order chi connectivity index (χ1) is 13.8. The Labute approximate surface area is 171 Å². The number of carbonyl (C=O) groups excluding carboxylic acids is 1. The fourth-order valence-corrected chi connectivity index (χ4v) is 2.98. The molecular formula is C20H20ClFN2O5. The highest BCUT2D eigenvalue weighted by atomic mass is 35.5. The number of piperazine rings is 1. The van der Waals surface area contributed by atoms with E-state index in [-0.39, 0.29) is 11.5 Å². The molecule has 2 aromatic carbocycles. The molecule has 7 nitrogen and oxygen atoms in total. The van der Waals surface area contributed by atoms with Crippen LogP contribution in [0.2, 0.25) is 5.02 Å². The van der Waals surface area contributed by atoms with Crippen LogP contribution in [0, 0.1) is 5.82 Å². The first-order valence-electron chi connectivity index (χ1n) is 8.75. The van der Waals surface area contributed by atoms with E-state index in [1.54, 1.807) is 17.0 Å². The maximum atomic E-state index is 13.7. The van der Waals surface area contributed by atoms with Crippen LogP contribution in [0.5, 0.6) is 0 Å². The van der Waals surface area contributed by atoms with E-state index in [0.717, 1.165) is 30.2 Å². The Hall–Kier alpha value is -2.97. The van der Waals surface area contributed by atoms with Crippen LogP contribution in [0.3, 0.4) is 0 Å². The molecule has 0 spiro atoms. The summed E-state index contributed by atoms with van der Waals surface area (Å²) in [4.78, 5) is 34.6. The minimum atomic E-state index is -1.82. The van der Waals surface area contributed by atoms with Gasteiger partial charge in [0.15, 0.2) is 0 Å². The number of benzene rings is 2. The lowest BCUT2D eigenvalue weighted by Crippen LogP contribution is -2.48. The minimum absolute atomic E-state index is 0.145. The molecule has 1 aliphatic rings. The Morgan fingerprint density at radius 1 is 0.897 bits per heavy atom. The summed E-state index contributed by atoms with van der Waals surface area (Å²) in [6, 6.07) is 13.9. The maximum Gasteiger partial charge on any atom is 0.414 e. The van der Waals surface area contributed by atoms with Crippen LogP contribution in [0.25, 0.3) is 0 Å². The van der Waals surface area contributed by atoms with Gasteiger partial charge < -0.3 is 15.1 Å². The monoisotopic (exact) mass is 422 g/mol. The summed E-state index contributed by atoms with van der Waals surface area (Å²) in [7, 11) is 0. The predicted octanol–water partition coefficient (Wildman–Crippen LogP) is 2.59. The van der Waals surface area contributed by atoms with E-state index < -0.39 is 17.8 Å². The van der Waals surface area contributed by atoms with Crippen molar-refractivity contribution in [2.45, 2.75) is 6.54 Å². The van der Waals surface area contributed by atoms with Gasteiger partial charge in [-0.1, -0.05) is 41.9 Å². The predicted molar refractivity (Wildman–Crippen MR) is 104 cm³/mol. The Morgan fingerprint density at radius 2 is 1.45 bits per heavy atom. The topological polar surface area (TPSA) is 98.1 Å². The molecule has 9 heteroatoms. The summed E-state index contributed by atoms with van der Waals surface area (Å²) in [5, 5.41) is 15.5. The zero-order chi connectivity index (χ0) is 21.4. The third kappa shape index (κ3) is 6.55. The van der Waals surface area contributed by atoms with Crippen LogP contribution in [-0.2, 0) is 16.1 Å². The summed E-state index contributed by atoms with van der Waals surface area (Å²) in [5.41, 5.74) is 1.23. The smallest absolute Gasteiger partial charge is 0.414 e. The molecule has 0 aliphatic carbocycles. The molecule has 1 saturated heterocycles. The number of hydrogen-bond acceptors (Lipinski definition) is 4. The van der Waals surface area contributed by atoms with Gasteiger partial charge >= 0.3 is 11.9 Å². The standard InChI is InChI=1S/C18H18ClFN2O.C2H2O4/c19-16-7-3-1-5-14(16)13-21-9-11-22(12-10-21)18(23)15-6-2-4-8-17(15)20;3-1(4)2(5)6/h1-8H,9-13H2;(H,3,4)(H,5,6). The van der Waals surface area contributed by atoms with E-state index >= 15 is 0 Å². The first kappa shape index (κ1) is 22.3. The molecule has 0 aromatic heterocycles. The van der Waals surface area contributed by atoms with Gasteiger partial charge in [0.25, 0.3) is 5.91 Å². The van der Waals surface area contributed by atoms with Crippen LogP contribution in [0.4, 0.5) is 4.39 Å². The molecular weight excluding hydrogens is 403 g/mol. The number of carboxylic acids is 2. The van der Waals surface area contributed by atoms with Gasteiger partial charge in [-0.2, -0.15) is 0 Å². The van der Waals surface area contributed by atoms with Gasteiger partial charge in [0.1, 0.15) is 5.82 Å². The normalized spacial score (nSPS) is 13.9. The van der Waals surface area contributed by atoms with Crippen LogP contribution < -0.4 is 0 Å². The number of rotatable bonds is 3. The number of amides is 1.